The zero-order valence-corrected chi connectivity index (χ0v) is 8.90. The molecule has 0 bridgehead atoms. The molecule has 0 aliphatic carbocycles. The standard InChI is InChI=1S/C9H10N4OS/c1-3-14-4-2-13(1)9-10-5-7-8(12-9)11-6-15-7/h5-6H,1-4H2. The minimum Gasteiger partial charge on any atom is -0.378 e. The van der Waals surface area contributed by atoms with Crippen molar-refractivity contribution in [3.8, 4) is 0 Å². The maximum atomic E-state index is 5.28. The average molecular weight is 222 g/mol. The summed E-state index contributed by atoms with van der Waals surface area (Å²) in [5.74, 6) is 0.761. The molecule has 2 aromatic heterocycles. The average Bonchev–Trinajstić information content (AvgIpc) is 2.77. The highest BCUT2D eigenvalue weighted by Gasteiger charge is 2.14. The molecule has 0 radical (unpaired) electrons. The van der Waals surface area contributed by atoms with E-state index in [2.05, 4.69) is 19.9 Å². The molecule has 1 fully saturated rings. The fourth-order valence-corrected chi connectivity index (χ4v) is 2.16. The summed E-state index contributed by atoms with van der Waals surface area (Å²) >= 11 is 1.56. The van der Waals surface area contributed by atoms with Crippen molar-refractivity contribution >= 4 is 27.6 Å². The summed E-state index contributed by atoms with van der Waals surface area (Å²) in [5.41, 5.74) is 2.58. The van der Waals surface area contributed by atoms with Gasteiger partial charge in [0.15, 0.2) is 5.65 Å². The molecule has 0 aromatic carbocycles. The lowest BCUT2D eigenvalue weighted by Crippen LogP contribution is -2.37. The van der Waals surface area contributed by atoms with Crippen LogP contribution >= 0.6 is 11.3 Å². The van der Waals surface area contributed by atoms with Crippen molar-refractivity contribution in [3.63, 3.8) is 0 Å². The largest absolute Gasteiger partial charge is 0.378 e. The van der Waals surface area contributed by atoms with Gasteiger partial charge in [0.05, 0.1) is 29.6 Å². The Bertz CT molecular complexity index is 466. The van der Waals surface area contributed by atoms with Crippen molar-refractivity contribution < 1.29 is 4.74 Å². The minimum absolute atomic E-state index is 0.748. The summed E-state index contributed by atoms with van der Waals surface area (Å²) in [5, 5.41) is 0. The number of aromatic nitrogens is 3. The van der Waals surface area contributed by atoms with Gasteiger partial charge in [0.1, 0.15) is 0 Å². The molecule has 15 heavy (non-hydrogen) atoms. The molecule has 2 aromatic rings. The van der Waals surface area contributed by atoms with Gasteiger partial charge in [-0.25, -0.2) is 9.97 Å². The number of fused-ring (bicyclic) bond motifs is 1. The van der Waals surface area contributed by atoms with Crippen molar-refractivity contribution in [2.45, 2.75) is 0 Å². The Morgan fingerprint density at radius 2 is 2.13 bits per heavy atom. The lowest BCUT2D eigenvalue weighted by atomic mass is 10.4. The van der Waals surface area contributed by atoms with E-state index >= 15 is 0 Å². The van der Waals surface area contributed by atoms with Crippen molar-refractivity contribution in [1.82, 2.24) is 15.0 Å². The van der Waals surface area contributed by atoms with E-state index in [-0.39, 0.29) is 0 Å². The van der Waals surface area contributed by atoms with Crippen LogP contribution in [0, 0.1) is 0 Å². The van der Waals surface area contributed by atoms with E-state index in [9.17, 15) is 0 Å². The van der Waals surface area contributed by atoms with Gasteiger partial charge in [-0.05, 0) is 0 Å². The fraction of sp³-hybridized carbons (Fsp3) is 0.444. The monoisotopic (exact) mass is 222 g/mol. The normalized spacial score (nSPS) is 17.2. The Morgan fingerprint density at radius 1 is 1.27 bits per heavy atom. The molecule has 0 unspecified atom stereocenters. The molecule has 0 amide bonds. The maximum Gasteiger partial charge on any atom is 0.227 e. The predicted octanol–water partition coefficient (Wildman–Crippen LogP) is 0.923. The highest BCUT2D eigenvalue weighted by atomic mass is 32.1. The molecule has 1 aliphatic rings. The van der Waals surface area contributed by atoms with Crippen molar-refractivity contribution in [3.05, 3.63) is 11.7 Å². The Balaban J connectivity index is 1.95. The highest BCUT2D eigenvalue weighted by molar-refractivity contribution is 7.16. The van der Waals surface area contributed by atoms with E-state index in [1.165, 1.54) is 0 Å². The zero-order chi connectivity index (χ0) is 10.1. The molecular weight excluding hydrogens is 212 g/mol. The van der Waals surface area contributed by atoms with Gasteiger partial charge in [-0.3, -0.25) is 0 Å². The number of anilines is 1. The van der Waals surface area contributed by atoms with Gasteiger partial charge in [0, 0.05) is 13.1 Å². The first kappa shape index (κ1) is 8.99. The van der Waals surface area contributed by atoms with Gasteiger partial charge in [0.2, 0.25) is 5.95 Å². The first-order chi connectivity index (χ1) is 7.43. The van der Waals surface area contributed by atoms with Crippen LogP contribution in [0.3, 0.4) is 0 Å². The number of ether oxygens (including phenoxy) is 1. The second kappa shape index (κ2) is 3.71. The van der Waals surface area contributed by atoms with E-state index < -0.39 is 0 Å². The predicted molar refractivity (Wildman–Crippen MR) is 58.2 cm³/mol. The van der Waals surface area contributed by atoms with E-state index in [1.807, 2.05) is 6.20 Å². The molecule has 6 heteroatoms. The second-order valence-corrected chi connectivity index (χ2v) is 4.20. The summed E-state index contributed by atoms with van der Waals surface area (Å²) in [6.45, 7) is 3.21. The van der Waals surface area contributed by atoms with E-state index in [0.29, 0.717) is 0 Å². The molecule has 0 N–H and O–H groups in total. The van der Waals surface area contributed by atoms with Gasteiger partial charge < -0.3 is 9.64 Å². The molecule has 1 saturated heterocycles. The molecule has 5 nitrogen and oxygen atoms in total. The lowest BCUT2D eigenvalue weighted by Gasteiger charge is -2.26. The van der Waals surface area contributed by atoms with E-state index in [4.69, 9.17) is 4.74 Å². The van der Waals surface area contributed by atoms with Gasteiger partial charge in [-0.1, -0.05) is 0 Å². The second-order valence-electron chi connectivity index (χ2n) is 3.31. The van der Waals surface area contributed by atoms with Crippen molar-refractivity contribution in [2.75, 3.05) is 31.2 Å². The highest BCUT2D eigenvalue weighted by Crippen LogP contribution is 2.17. The lowest BCUT2D eigenvalue weighted by molar-refractivity contribution is 0.122. The van der Waals surface area contributed by atoms with Crippen LogP contribution in [0.5, 0.6) is 0 Å². The molecular formula is C9H10N4OS. The maximum absolute atomic E-state index is 5.28. The van der Waals surface area contributed by atoms with Crippen LogP contribution in [0.2, 0.25) is 0 Å². The molecule has 0 saturated carbocycles. The summed E-state index contributed by atoms with van der Waals surface area (Å²) in [7, 11) is 0. The van der Waals surface area contributed by atoms with Crippen LogP contribution in [-0.4, -0.2) is 41.3 Å². The van der Waals surface area contributed by atoms with Gasteiger partial charge in [-0.2, -0.15) is 4.98 Å². The third-order valence-electron chi connectivity index (χ3n) is 2.37. The summed E-state index contributed by atoms with van der Waals surface area (Å²) in [6, 6.07) is 0. The summed E-state index contributed by atoms with van der Waals surface area (Å²) in [6.07, 6.45) is 1.84. The topological polar surface area (TPSA) is 51.1 Å². The minimum atomic E-state index is 0.748. The van der Waals surface area contributed by atoms with Crippen LogP contribution in [-0.2, 0) is 4.74 Å². The van der Waals surface area contributed by atoms with Crippen LogP contribution in [0.1, 0.15) is 0 Å². The Kier molecular flexibility index (Phi) is 2.22. The molecule has 1 aliphatic heterocycles. The van der Waals surface area contributed by atoms with Crippen LogP contribution in [0.15, 0.2) is 11.7 Å². The first-order valence-electron chi connectivity index (χ1n) is 4.82. The third kappa shape index (κ3) is 1.66. The first-order valence-corrected chi connectivity index (χ1v) is 5.70. The number of nitrogens with zero attached hydrogens (tertiary/aromatic N) is 4. The van der Waals surface area contributed by atoms with Crippen molar-refractivity contribution in [1.29, 1.82) is 0 Å². The fourth-order valence-electron chi connectivity index (χ4n) is 1.58. The Hall–Kier alpha value is -1.27. The zero-order valence-electron chi connectivity index (χ0n) is 8.09. The number of hydrogen-bond acceptors (Lipinski definition) is 6. The number of thiazole rings is 1. The smallest absolute Gasteiger partial charge is 0.227 e. The SMILES string of the molecule is c1nc2nc(N3CCOCC3)ncc2s1. The third-order valence-corrected chi connectivity index (χ3v) is 3.12. The van der Waals surface area contributed by atoms with Gasteiger partial charge in [0.25, 0.3) is 0 Å². The number of morpholine rings is 1. The summed E-state index contributed by atoms with van der Waals surface area (Å²) < 4.78 is 6.32. The quantitative estimate of drug-likeness (QED) is 0.718. The van der Waals surface area contributed by atoms with Gasteiger partial charge >= 0.3 is 0 Å². The number of rotatable bonds is 1. The Labute approximate surface area is 90.7 Å². The molecule has 3 heterocycles. The van der Waals surface area contributed by atoms with Crippen molar-refractivity contribution in [2.24, 2.45) is 0 Å². The number of hydrogen-bond donors (Lipinski definition) is 0. The van der Waals surface area contributed by atoms with Crippen LogP contribution in [0.25, 0.3) is 10.3 Å². The molecule has 3 rings (SSSR count). The molecule has 78 valence electrons. The summed E-state index contributed by atoms with van der Waals surface area (Å²) in [4.78, 5) is 15.1. The van der Waals surface area contributed by atoms with E-state index in [1.54, 1.807) is 16.8 Å². The van der Waals surface area contributed by atoms with E-state index in [0.717, 1.165) is 42.6 Å². The van der Waals surface area contributed by atoms with Gasteiger partial charge in [-0.15, -0.1) is 11.3 Å². The Morgan fingerprint density at radius 3 is 3.00 bits per heavy atom. The molecule has 0 spiro atoms. The molecule has 0 atom stereocenters. The van der Waals surface area contributed by atoms with Crippen LogP contribution in [0.4, 0.5) is 5.95 Å². The van der Waals surface area contributed by atoms with Crippen LogP contribution < -0.4 is 4.90 Å².